The summed E-state index contributed by atoms with van der Waals surface area (Å²) in [4.78, 5) is 11.1. The zero-order valence-electron chi connectivity index (χ0n) is 10.8. The van der Waals surface area contributed by atoms with Crippen molar-refractivity contribution in [3.8, 4) is 6.07 Å². The number of carbonyl (C=O) groups is 1. The summed E-state index contributed by atoms with van der Waals surface area (Å²) in [6, 6.07) is 5.01. The van der Waals surface area contributed by atoms with Gasteiger partial charge in [-0.05, 0) is 49.4 Å². The smallest absolute Gasteiger partial charge is 0.322 e. The van der Waals surface area contributed by atoms with E-state index in [2.05, 4.69) is 4.72 Å². The van der Waals surface area contributed by atoms with Gasteiger partial charge in [-0.25, -0.2) is 8.42 Å². The molecule has 20 heavy (non-hydrogen) atoms. The number of hydrogen-bond acceptors (Lipinski definition) is 4. The van der Waals surface area contributed by atoms with Gasteiger partial charge < -0.3 is 5.11 Å². The van der Waals surface area contributed by atoms with Gasteiger partial charge in [-0.15, -0.1) is 0 Å². The minimum Gasteiger partial charge on any atom is -0.480 e. The van der Waals surface area contributed by atoms with Crippen LogP contribution >= 0.6 is 0 Å². The van der Waals surface area contributed by atoms with Crippen molar-refractivity contribution < 1.29 is 18.3 Å². The van der Waals surface area contributed by atoms with Crippen molar-refractivity contribution in [2.75, 3.05) is 0 Å². The number of nitriles is 1. The number of nitrogens with zero attached hydrogens (tertiary/aromatic N) is 1. The van der Waals surface area contributed by atoms with E-state index in [0.29, 0.717) is 24.0 Å². The summed E-state index contributed by atoms with van der Waals surface area (Å²) in [5.74, 6) is -1.30. The molecule has 0 aliphatic heterocycles. The first-order valence-corrected chi connectivity index (χ1v) is 7.59. The normalized spacial score (nSPS) is 16.4. The zero-order chi connectivity index (χ0) is 14.9. The average Bonchev–Trinajstić information content (AvgIpc) is 3.19. The molecule has 1 fully saturated rings. The monoisotopic (exact) mass is 294 g/mol. The summed E-state index contributed by atoms with van der Waals surface area (Å²) < 4.78 is 26.7. The largest absolute Gasteiger partial charge is 0.480 e. The number of rotatable bonds is 5. The highest BCUT2D eigenvalue weighted by molar-refractivity contribution is 7.89. The predicted molar refractivity (Wildman–Crippen MR) is 70.4 cm³/mol. The molecule has 106 valence electrons. The highest BCUT2D eigenvalue weighted by atomic mass is 32.2. The molecule has 0 saturated heterocycles. The molecule has 0 bridgehead atoms. The summed E-state index contributed by atoms with van der Waals surface area (Å²) >= 11 is 0. The van der Waals surface area contributed by atoms with Crippen molar-refractivity contribution in [3.05, 3.63) is 29.3 Å². The Labute approximate surface area is 117 Å². The maximum Gasteiger partial charge on any atom is 0.322 e. The minimum absolute atomic E-state index is 0.00315. The Bertz CT molecular complexity index is 687. The number of aliphatic carboxylic acids is 1. The third-order valence-corrected chi connectivity index (χ3v) is 4.84. The Morgan fingerprint density at radius 2 is 2.15 bits per heavy atom. The van der Waals surface area contributed by atoms with E-state index in [1.807, 2.05) is 6.07 Å². The van der Waals surface area contributed by atoms with Crippen LogP contribution in [0.3, 0.4) is 0 Å². The second-order valence-corrected chi connectivity index (χ2v) is 6.55. The molecule has 1 saturated carbocycles. The van der Waals surface area contributed by atoms with Crippen LogP contribution < -0.4 is 4.72 Å². The van der Waals surface area contributed by atoms with Crippen molar-refractivity contribution in [1.82, 2.24) is 4.72 Å². The number of carboxylic acids is 1. The van der Waals surface area contributed by atoms with Crippen molar-refractivity contribution in [2.45, 2.75) is 30.7 Å². The number of carboxylic acid groups (broad SMARTS) is 1. The van der Waals surface area contributed by atoms with E-state index in [4.69, 9.17) is 10.4 Å². The first-order chi connectivity index (χ1) is 9.35. The summed E-state index contributed by atoms with van der Waals surface area (Å²) in [5, 5.41) is 17.8. The van der Waals surface area contributed by atoms with E-state index in [1.54, 1.807) is 6.92 Å². The molecule has 1 atom stereocenters. The second kappa shape index (κ2) is 5.23. The Kier molecular flexibility index (Phi) is 3.79. The van der Waals surface area contributed by atoms with Crippen LogP contribution in [-0.2, 0) is 14.8 Å². The molecule has 2 rings (SSSR count). The van der Waals surface area contributed by atoms with Gasteiger partial charge in [0.05, 0.1) is 16.5 Å². The van der Waals surface area contributed by atoms with Crippen molar-refractivity contribution >= 4 is 16.0 Å². The maximum absolute atomic E-state index is 12.2. The number of hydrogen-bond donors (Lipinski definition) is 2. The molecule has 1 aromatic carbocycles. The van der Waals surface area contributed by atoms with Crippen LogP contribution in [0.25, 0.3) is 0 Å². The van der Waals surface area contributed by atoms with Gasteiger partial charge in [0.2, 0.25) is 10.0 Å². The number of aryl methyl sites for hydroxylation is 1. The quantitative estimate of drug-likeness (QED) is 0.842. The fourth-order valence-electron chi connectivity index (χ4n) is 2.03. The molecule has 1 aromatic rings. The van der Waals surface area contributed by atoms with E-state index in [9.17, 15) is 13.2 Å². The first-order valence-electron chi connectivity index (χ1n) is 6.11. The summed E-state index contributed by atoms with van der Waals surface area (Å²) in [6.07, 6.45) is 1.43. The third kappa shape index (κ3) is 2.98. The van der Waals surface area contributed by atoms with Gasteiger partial charge in [-0.3, -0.25) is 4.79 Å². The molecule has 0 radical (unpaired) electrons. The molecule has 0 spiro atoms. The van der Waals surface area contributed by atoms with Crippen LogP contribution in [0.5, 0.6) is 0 Å². The van der Waals surface area contributed by atoms with E-state index in [-0.39, 0.29) is 10.8 Å². The Morgan fingerprint density at radius 3 is 2.60 bits per heavy atom. The van der Waals surface area contributed by atoms with Gasteiger partial charge in [-0.1, -0.05) is 0 Å². The van der Waals surface area contributed by atoms with Crippen molar-refractivity contribution in [2.24, 2.45) is 5.92 Å². The molecule has 1 unspecified atom stereocenters. The van der Waals surface area contributed by atoms with Gasteiger partial charge in [0.25, 0.3) is 0 Å². The summed E-state index contributed by atoms with van der Waals surface area (Å²) in [6.45, 7) is 1.57. The van der Waals surface area contributed by atoms with Crippen molar-refractivity contribution in [1.29, 1.82) is 5.26 Å². The molecule has 2 N–H and O–H groups in total. The lowest BCUT2D eigenvalue weighted by molar-refractivity contribution is -0.139. The van der Waals surface area contributed by atoms with Gasteiger partial charge in [0.15, 0.2) is 0 Å². The van der Waals surface area contributed by atoms with Crippen LogP contribution in [0.2, 0.25) is 0 Å². The molecule has 1 aliphatic carbocycles. The predicted octanol–water partition coefficient (Wildman–Crippen LogP) is 1.01. The minimum atomic E-state index is -3.91. The molecular formula is C13H14N2O4S. The molecule has 7 heteroatoms. The highest BCUT2D eigenvalue weighted by Crippen LogP contribution is 2.33. The molecular weight excluding hydrogens is 280 g/mol. The molecule has 0 amide bonds. The van der Waals surface area contributed by atoms with E-state index in [1.165, 1.54) is 18.2 Å². The maximum atomic E-state index is 12.2. The number of sulfonamides is 1. The second-order valence-electron chi connectivity index (χ2n) is 4.87. The molecule has 1 aliphatic rings. The average molecular weight is 294 g/mol. The van der Waals surface area contributed by atoms with Crippen LogP contribution in [0.1, 0.15) is 24.0 Å². The summed E-state index contributed by atoms with van der Waals surface area (Å²) in [7, 11) is -3.91. The van der Waals surface area contributed by atoms with Crippen LogP contribution in [0, 0.1) is 24.2 Å². The van der Waals surface area contributed by atoms with E-state index < -0.39 is 22.0 Å². The fraction of sp³-hybridized carbons (Fsp3) is 0.385. The highest BCUT2D eigenvalue weighted by Gasteiger charge is 2.39. The standard InChI is InChI=1S/C13H14N2O4S/c1-8-6-9(7-14)2-5-11(8)20(18,19)15-12(13(16)17)10-3-4-10/h2,5-6,10,12,15H,3-4H2,1H3,(H,16,17). The SMILES string of the molecule is Cc1cc(C#N)ccc1S(=O)(=O)NC(C(=O)O)C1CC1. The topological polar surface area (TPSA) is 107 Å². The number of nitrogens with one attached hydrogen (secondary N) is 1. The Balaban J connectivity index is 2.30. The third-order valence-electron chi connectivity index (χ3n) is 3.24. The van der Waals surface area contributed by atoms with Gasteiger partial charge in [0.1, 0.15) is 6.04 Å². The lowest BCUT2D eigenvalue weighted by Crippen LogP contribution is -2.42. The van der Waals surface area contributed by atoms with Crippen molar-refractivity contribution in [3.63, 3.8) is 0 Å². The van der Waals surface area contributed by atoms with Gasteiger partial charge >= 0.3 is 5.97 Å². The van der Waals surface area contributed by atoms with Crippen LogP contribution in [-0.4, -0.2) is 25.5 Å². The van der Waals surface area contributed by atoms with Crippen LogP contribution in [0.4, 0.5) is 0 Å². The zero-order valence-corrected chi connectivity index (χ0v) is 11.6. The molecule has 0 aromatic heterocycles. The number of benzene rings is 1. The molecule has 6 nitrogen and oxygen atoms in total. The fourth-order valence-corrected chi connectivity index (χ4v) is 3.51. The summed E-state index contributed by atoms with van der Waals surface area (Å²) in [5.41, 5.74) is 0.773. The van der Waals surface area contributed by atoms with E-state index >= 15 is 0 Å². The Hall–Kier alpha value is -1.91. The molecule has 0 heterocycles. The van der Waals surface area contributed by atoms with E-state index in [0.717, 1.165) is 0 Å². The van der Waals surface area contributed by atoms with Gasteiger partial charge in [0, 0.05) is 0 Å². The van der Waals surface area contributed by atoms with Gasteiger partial charge in [-0.2, -0.15) is 9.98 Å². The van der Waals surface area contributed by atoms with Crippen LogP contribution in [0.15, 0.2) is 23.1 Å². The Morgan fingerprint density at radius 1 is 1.50 bits per heavy atom. The lowest BCUT2D eigenvalue weighted by Gasteiger charge is -2.15. The first kappa shape index (κ1) is 14.5. The lowest BCUT2D eigenvalue weighted by atomic mass is 10.2.